The third kappa shape index (κ3) is 9.87. The van der Waals surface area contributed by atoms with E-state index in [0.29, 0.717) is 43.8 Å². The van der Waals surface area contributed by atoms with Crippen LogP contribution in [0.5, 0.6) is 11.5 Å². The number of anilines is 2. The molecule has 10 nitrogen and oxygen atoms in total. The number of thioether (sulfide) groups is 1. The molecular weight excluding hydrogens is 747 g/mol. The predicted molar refractivity (Wildman–Crippen MR) is 222 cm³/mol. The highest BCUT2D eigenvalue weighted by Gasteiger charge is 2.29. The molecule has 288 valence electrons. The lowest BCUT2D eigenvalue weighted by Crippen LogP contribution is -2.30. The summed E-state index contributed by atoms with van der Waals surface area (Å²) in [5.41, 5.74) is 3.61. The molecule has 4 aromatic carbocycles. The van der Waals surface area contributed by atoms with Gasteiger partial charge in [0.15, 0.2) is 11.5 Å². The van der Waals surface area contributed by atoms with Crippen LogP contribution in [-0.4, -0.2) is 45.0 Å². The number of esters is 1. The van der Waals surface area contributed by atoms with Crippen molar-refractivity contribution in [2.45, 2.75) is 48.7 Å². The van der Waals surface area contributed by atoms with Crippen LogP contribution in [0.4, 0.5) is 10.7 Å². The summed E-state index contributed by atoms with van der Waals surface area (Å²) >= 11 is 2.77. The minimum atomic E-state index is -0.706. The van der Waals surface area contributed by atoms with Crippen LogP contribution in [0.25, 0.3) is 6.08 Å². The minimum Gasteiger partial charge on any atom is -0.493 e. The minimum absolute atomic E-state index is 0.00266. The van der Waals surface area contributed by atoms with Gasteiger partial charge in [0.25, 0.3) is 11.8 Å². The first-order chi connectivity index (χ1) is 27.3. The van der Waals surface area contributed by atoms with E-state index in [1.807, 2.05) is 36.4 Å². The number of aryl methyl sites for hydroxylation is 1. The highest BCUT2D eigenvalue weighted by molar-refractivity contribution is 8.00. The number of amides is 3. The topological polar surface area (TPSA) is 132 Å². The van der Waals surface area contributed by atoms with Gasteiger partial charge in [-0.25, -0.2) is 4.79 Å². The summed E-state index contributed by atoms with van der Waals surface area (Å²) < 4.78 is 16.0. The van der Waals surface area contributed by atoms with E-state index in [1.54, 1.807) is 72.8 Å². The molecule has 1 atom stereocenters. The number of ether oxygens (including phenoxy) is 3. The highest BCUT2D eigenvalue weighted by Crippen LogP contribution is 2.41. The van der Waals surface area contributed by atoms with Gasteiger partial charge < -0.3 is 30.2 Å². The predicted octanol–water partition coefficient (Wildman–Crippen LogP) is 9.09. The monoisotopic (exact) mass is 789 g/mol. The van der Waals surface area contributed by atoms with Crippen LogP contribution in [0.2, 0.25) is 0 Å². The number of nitrogens with one attached hydrogen (secondary N) is 3. The fraction of sp³-hybridized carbons (Fsp3) is 0.227. The molecule has 5 aromatic rings. The molecule has 0 saturated heterocycles. The Labute approximate surface area is 334 Å². The third-order valence-corrected chi connectivity index (χ3v) is 11.7. The number of hydrogen-bond acceptors (Lipinski definition) is 9. The Hall–Kier alpha value is -5.85. The van der Waals surface area contributed by atoms with Crippen molar-refractivity contribution in [2.24, 2.45) is 0 Å². The van der Waals surface area contributed by atoms with E-state index in [0.717, 1.165) is 54.5 Å². The van der Waals surface area contributed by atoms with E-state index < -0.39 is 23.0 Å². The first-order valence-corrected chi connectivity index (χ1v) is 19.9. The molecule has 56 heavy (non-hydrogen) atoms. The van der Waals surface area contributed by atoms with E-state index >= 15 is 0 Å². The Kier molecular flexibility index (Phi) is 13.6. The van der Waals surface area contributed by atoms with E-state index in [-0.39, 0.29) is 11.6 Å². The summed E-state index contributed by atoms with van der Waals surface area (Å²) in [4.78, 5) is 56.3. The van der Waals surface area contributed by atoms with Gasteiger partial charge in [-0.2, -0.15) is 0 Å². The van der Waals surface area contributed by atoms with E-state index in [4.69, 9.17) is 14.2 Å². The number of hydrogen-bond donors (Lipinski definition) is 3. The van der Waals surface area contributed by atoms with Gasteiger partial charge >= 0.3 is 5.97 Å². The van der Waals surface area contributed by atoms with Gasteiger partial charge in [0.2, 0.25) is 5.91 Å². The summed E-state index contributed by atoms with van der Waals surface area (Å²) in [6, 6.07) is 30.3. The molecular formula is C44H43N3O7S2. The number of thiophene rings is 1. The molecule has 0 spiro atoms. The zero-order chi connectivity index (χ0) is 39.4. The molecule has 1 aromatic heterocycles. The lowest BCUT2D eigenvalue weighted by atomic mass is 9.96. The molecule has 0 saturated carbocycles. The molecule has 6 rings (SSSR count). The maximum absolute atomic E-state index is 14.2. The van der Waals surface area contributed by atoms with Gasteiger partial charge in [-0.05, 0) is 90.9 Å². The van der Waals surface area contributed by atoms with E-state index in [1.165, 1.54) is 44.4 Å². The van der Waals surface area contributed by atoms with Gasteiger partial charge in [-0.15, -0.1) is 23.1 Å². The largest absolute Gasteiger partial charge is 0.493 e. The summed E-state index contributed by atoms with van der Waals surface area (Å²) in [6.45, 7) is 0. The Morgan fingerprint density at radius 1 is 0.750 bits per heavy atom. The zero-order valence-corrected chi connectivity index (χ0v) is 33.0. The van der Waals surface area contributed by atoms with Crippen molar-refractivity contribution in [3.8, 4) is 11.5 Å². The Morgan fingerprint density at radius 3 is 2.18 bits per heavy atom. The van der Waals surface area contributed by atoms with Crippen molar-refractivity contribution in [1.29, 1.82) is 0 Å². The highest BCUT2D eigenvalue weighted by atomic mass is 32.2. The number of benzene rings is 4. The average molecular weight is 790 g/mol. The van der Waals surface area contributed by atoms with Crippen LogP contribution in [0.15, 0.2) is 114 Å². The smallest absolute Gasteiger partial charge is 0.341 e. The zero-order valence-electron chi connectivity index (χ0n) is 31.4. The van der Waals surface area contributed by atoms with Crippen molar-refractivity contribution in [1.82, 2.24) is 5.32 Å². The van der Waals surface area contributed by atoms with Gasteiger partial charge in [0.05, 0.1) is 26.9 Å². The summed E-state index contributed by atoms with van der Waals surface area (Å²) in [5.74, 6) is -0.786. The van der Waals surface area contributed by atoms with Crippen molar-refractivity contribution in [3.63, 3.8) is 0 Å². The van der Waals surface area contributed by atoms with Crippen molar-refractivity contribution in [2.75, 3.05) is 32.0 Å². The number of carbonyl (C=O) groups excluding carboxylic acids is 4. The number of fused-ring (bicyclic) bond motifs is 1. The van der Waals surface area contributed by atoms with Crippen molar-refractivity contribution < 1.29 is 33.4 Å². The second kappa shape index (κ2) is 19.1. The molecule has 3 N–H and O–H groups in total. The van der Waals surface area contributed by atoms with Crippen LogP contribution in [0.1, 0.15) is 73.2 Å². The van der Waals surface area contributed by atoms with Crippen molar-refractivity contribution >= 4 is 63.6 Å². The van der Waals surface area contributed by atoms with Crippen LogP contribution in [-0.2, 0) is 27.2 Å². The van der Waals surface area contributed by atoms with Crippen LogP contribution in [0, 0.1) is 0 Å². The first-order valence-electron chi connectivity index (χ1n) is 18.2. The molecule has 1 heterocycles. The maximum Gasteiger partial charge on any atom is 0.341 e. The van der Waals surface area contributed by atoms with E-state index in [9.17, 15) is 19.2 Å². The van der Waals surface area contributed by atoms with E-state index in [2.05, 4.69) is 16.0 Å². The number of carbonyl (C=O) groups is 4. The maximum atomic E-state index is 14.2. The first kappa shape index (κ1) is 39.8. The van der Waals surface area contributed by atoms with Gasteiger partial charge in [0.1, 0.15) is 15.9 Å². The fourth-order valence-corrected chi connectivity index (χ4v) is 8.80. The molecule has 0 aliphatic heterocycles. The van der Waals surface area contributed by atoms with Crippen LogP contribution < -0.4 is 25.4 Å². The summed E-state index contributed by atoms with van der Waals surface area (Å²) in [6.07, 6.45) is 7.42. The Morgan fingerprint density at radius 2 is 1.46 bits per heavy atom. The average Bonchev–Trinajstić information content (AvgIpc) is 3.54. The fourth-order valence-electron chi connectivity index (χ4n) is 6.44. The summed E-state index contributed by atoms with van der Waals surface area (Å²) in [5, 5.41) is 8.57. The second-order valence-corrected chi connectivity index (χ2v) is 15.3. The third-order valence-electron chi connectivity index (χ3n) is 9.23. The quantitative estimate of drug-likeness (QED) is 0.0612. The lowest BCUT2D eigenvalue weighted by molar-refractivity contribution is -0.116. The standard InChI is InChI=1S/C44H43N3O7S2/c1-52-35-24-23-28(26-36(35)53-2)25-34(46-40(48)30-17-10-7-11-18-30)41(49)45-31-19-14-20-32(27-31)55-39(29-15-8-6-9-16-29)42(50)47-43-38(44(51)54-3)33-21-12-4-5-13-22-37(33)56-43/h6-11,14-20,23-27,39H,4-5,12-13,21-22H2,1-3H3,(H,45,49)(H,46,48)(H,47,50)/b34-25+. The molecule has 0 bridgehead atoms. The Bertz CT molecular complexity index is 2220. The van der Waals surface area contributed by atoms with Crippen LogP contribution >= 0.6 is 23.1 Å². The lowest BCUT2D eigenvalue weighted by Gasteiger charge is -2.18. The number of rotatable bonds is 13. The SMILES string of the molecule is COC(=O)c1c(NC(=O)C(Sc2cccc(NC(=O)/C(=C\c3ccc(OC)c(OC)c3)NC(=O)c3ccccc3)c2)c2ccccc2)sc2c1CCCCCC2. The number of methoxy groups -OCH3 is 3. The molecule has 1 aliphatic carbocycles. The van der Waals surface area contributed by atoms with Gasteiger partial charge in [-0.1, -0.05) is 73.5 Å². The van der Waals surface area contributed by atoms with Gasteiger partial charge in [0, 0.05) is 21.0 Å². The molecule has 3 amide bonds. The molecule has 0 radical (unpaired) electrons. The summed E-state index contributed by atoms with van der Waals surface area (Å²) in [7, 11) is 4.41. The second-order valence-electron chi connectivity index (χ2n) is 13.0. The van der Waals surface area contributed by atoms with Crippen molar-refractivity contribution in [3.05, 3.63) is 142 Å². The molecule has 12 heteroatoms. The van der Waals surface area contributed by atoms with Gasteiger partial charge in [-0.3, -0.25) is 14.4 Å². The normalized spacial score (nSPS) is 13.2. The molecule has 0 fully saturated rings. The Balaban J connectivity index is 1.27. The van der Waals surface area contributed by atoms with Crippen LogP contribution in [0.3, 0.4) is 0 Å². The molecule has 1 unspecified atom stereocenters. The molecule has 1 aliphatic rings.